The van der Waals surface area contributed by atoms with Crippen molar-refractivity contribution in [3.05, 3.63) is 35.4 Å². The normalized spacial score (nSPS) is 19.5. The fourth-order valence-corrected chi connectivity index (χ4v) is 2.73. The van der Waals surface area contributed by atoms with Crippen LogP contribution < -0.4 is 0 Å². The zero-order valence-corrected chi connectivity index (χ0v) is 12.6. The van der Waals surface area contributed by atoms with Crippen molar-refractivity contribution < 1.29 is 9.53 Å². The molecule has 1 saturated heterocycles. The third kappa shape index (κ3) is 3.81. The number of nitrogens with zero attached hydrogens (tertiary/aromatic N) is 2. The molecule has 20 heavy (non-hydrogen) atoms. The summed E-state index contributed by atoms with van der Waals surface area (Å²) in [6, 6.07) is 8.79. The fourth-order valence-electron chi connectivity index (χ4n) is 2.73. The molecule has 4 heteroatoms. The molecule has 1 aliphatic rings. The van der Waals surface area contributed by atoms with Crippen molar-refractivity contribution in [2.75, 3.05) is 34.3 Å². The monoisotopic (exact) mass is 276 g/mol. The van der Waals surface area contributed by atoms with Gasteiger partial charge in [0.15, 0.2) is 0 Å². The summed E-state index contributed by atoms with van der Waals surface area (Å²) in [5.41, 5.74) is 2.31. The molecule has 1 heterocycles. The first-order chi connectivity index (χ1) is 9.60. The van der Waals surface area contributed by atoms with Crippen molar-refractivity contribution >= 4 is 5.97 Å². The summed E-state index contributed by atoms with van der Waals surface area (Å²) in [6.07, 6.45) is 1.57. The highest BCUT2D eigenvalue weighted by molar-refractivity contribution is 5.72. The summed E-state index contributed by atoms with van der Waals surface area (Å²) in [5.74, 6) is -0.176. The highest BCUT2D eigenvalue weighted by atomic mass is 16.5. The number of carbonyl (C=O) groups is 1. The quantitative estimate of drug-likeness (QED) is 0.764. The molecule has 0 saturated carbocycles. The van der Waals surface area contributed by atoms with E-state index in [0.717, 1.165) is 25.2 Å². The van der Waals surface area contributed by atoms with Crippen LogP contribution in [-0.4, -0.2) is 56.1 Å². The number of hydrogen-bond acceptors (Lipinski definition) is 4. The SMILES string of the molecule is COC(=O)Cc1ccccc1CN1CCC(N(C)C)C1. The van der Waals surface area contributed by atoms with Gasteiger partial charge >= 0.3 is 5.97 Å². The van der Waals surface area contributed by atoms with E-state index in [1.165, 1.54) is 19.1 Å². The van der Waals surface area contributed by atoms with Crippen molar-refractivity contribution in [2.45, 2.75) is 25.4 Å². The van der Waals surface area contributed by atoms with Gasteiger partial charge in [0.1, 0.15) is 0 Å². The molecule has 110 valence electrons. The number of carbonyl (C=O) groups excluding carboxylic acids is 1. The highest BCUT2D eigenvalue weighted by Gasteiger charge is 2.24. The first-order valence-electron chi connectivity index (χ1n) is 7.12. The second-order valence-electron chi connectivity index (χ2n) is 5.66. The van der Waals surface area contributed by atoms with Crippen LogP contribution in [-0.2, 0) is 22.5 Å². The zero-order chi connectivity index (χ0) is 14.5. The van der Waals surface area contributed by atoms with Gasteiger partial charge in [-0.2, -0.15) is 0 Å². The van der Waals surface area contributed by atoms with Crippen LogP contribution in [0.1, 0.15) is 17.5 Å². The average molecular weight is 276 g/mol. The van der Waals surface area contributed by atoms with E-state index < -0.39 is 0 Å². The summed E-state index contributed by atoms with van der Waals surface area (Å²) in [5, 5.41) is 0. The third-order valence-electron chi connectivity index (χ3n) is 4.05. The molecule has 0 spiro atoms. The molecule has 1 unspecified atom stereocenters. The number of ether oxygens (including phenoxy) is 1. The van der Waals surface area contributed by atoms with E-state index in [2.05, 4.69) is 30.0 Å². The second kappa shape index (κ2) is 6.86. The molecule has 0 amide bonds. The van der Waals surface area contributed by atoms with Gasteiger partial charge in [-0.15, -0.1) is 0 Å². The number of likely N-dealkylation sites (tertiary alicyclic amines) is 1. The van der Waals surface area contributed by atoms with Crippen LogP contribution in [0.5, 0.6) is 0 Å². The van der Waals surface area contributed by atoms with Crippen LogP contribution in [0.3, 0.4) is 0 Å². The largest absolute Gasteiger partial charge is 0.469 e. The molecule has 2 rings (SSSR count). The highest BCUT2D eigenvalue weighted by Crippen LogP contribution is 2.19. The zero-order valence-electron chi connectivity index (χ0n) is 12.6. The van der Waals surface area contributed by atoms with E-state index in [4.69, 9.17) is 4.74 Å². The molecular weight excluding hydrogens is 252 g/mol. The third-order valence-corrected chi connectivity index (χ3v) is 4.05. The van der Waals surface area contributed by atoms with E-state index in [1.807, 2.05) is 18.2 Å². The minimum absolute atomic E-state index is 0.176. The van der Waals surface area contributed by atoms with Crippen molar-refractivity contribution in [2.24, 2.45) is 0 Å². The van der Waals surface area contributed by atoms with E-state index in [1.54, 1.807) is 0 Å². The Morgan fingerprint density at radius 1 is 1.35 bits per heavy atom. The lowest BCUT2D eigenvalue weighted by molar-refractivity contribution is -0.139. The van der Waals surface area contributed by atoms with Gasteiger partial charge in [-0.1, -0.05) is 24.3 Å². The molecule has 0 radical (unpaired) electrons. The molecule has 1 aromatic rings. The summed E-state index contributed by atoms with van der Waals surface area (Å²) < 4.78 is 4.77. The van der Waals surface area contributed by atoms with Crippen LogP contribution in [0.2, 0.25) is 0 Å². The van der Waals surface area contributed by atoms with Gasteiger partial charge in [-0.05, 0) is 31.6 Å². The Morgan fingerprint density at radius 2 is 2.05 bits per heavy atom. The van der Waals surface area contributed by atoms with Gasteiger partial charge in [0.05, 0.1) is 13.5 Å². The predicted octanol–water partition coefficient (Wildman–Crippen LogP) is 1.54. The standard InChI is InChI=1S/C16H24N2O2/c1-17(2)15-8-9-18(12-15)11-14-7-5-4-6-13(14)10-16(19)20-3/h4-7,15H,8-12H2,1-3H3. The van der Waals surface area contributed by atoms with Crippen molar-refractivity contribution in [3.8, 4) is 0 Å². The van der Waals surface area contributed by atoms with Crippen LogP contribution in [0.25, 0.3) is 0 Å². The topological polar surface area (TPSA) is 32.8 Å². The Morgan fingerprint density at radius 3 is 2.65 bits per heavy atom. The molecule has 1 fully saturated rings. The van der Waals surface area contributed by atoms with Crippen LogP contribution >= 0.6 is 0 Å². The number of hydrogen-bond donors (Lipinski definition) is 0. The predicted molar refractivity (Wildman–Crippen MR) is 79.5 cm³/mol. The minimum atomic E-state index is -0.176. The molecule has 1 atom stereocenters. The number of benzene rings is 1. The first-order valence-corrected chi connectivity index (χ1v) is 7.12. The number of rotatable bonds is 5. The lowest BCUT2D eigenvalue weighted by Crippen LogP contribution is -2.31. The molecule has 1 aromatic carbocycles. The van der Waals surface area contributed by atoms with Crippen molar-refractivity contribution in [3.63, 3.8) is 0 Å². The summed E-state index contributed by atoms with van der Waals surface area (Å²) >= 11 is 0. The van der Waals surface area contributed by atoms with E-state index in [-0.39, 0.29) is 5.97 Å². The number of methoxy groups -OCH3 is 1. The molecular formula is C16H24N2O2. The van der Waals surface area contributed by atoms with E-state index >= 15 is 0 Å². The Kier molecular flexibility index (Phi) is 5.15. The van der Waals surface area contributed by atoms with Gasteiger partial charge < -0.3 is 9.64 Å². The van der Waals surface area contributed by atoms with Gasteiger partial charge in [0.2, 0.25) is 0 Å². The Bertz CT molecular complexity index is 460. The van der Waals surface area contributed by atoms with Gasteiger partial charge in [0, 0.05) is 25.7 Å². The van der Waals surface area contributed by atoms with Gasteiger partial charge in [-0.25, -0.2) is 0 Å². The van der Waals surface area contributed by atoms with Crippen molar-refractivity contribution in [1.29, 1.82) is 0 Å². The minimum Gasteiger partial charge on any atom is -0.469 e. The summed E-state index contributed by atoms with van der Waals surface area (Å²) in [4.78, 5) is 16.2. The maximum absolute atomic E-state index is 11.5. The average Bonchev–Trinajstić information content (AvgIpc) is 2.89. The maximum atomic E-state index is 11.5. The summed E-state index contributed by atoms with van der Waals surface area (Å²) in [6.45, 7) is 3.13. The maximum Gasteiger partial charge on any atom is 0.309 e. The number of esters is 1. The molecule has 4 nitrogen and oxygen atoms in total. The molecule has 0 N–H and O–H groups in total. The first kappa shape index (κ1) is 15.0. The Hall–Kier alpha value is -1.39. The fraction of sp³-hybridized carbons (Fsp3) is 0.562. The molecule has 0 bridgehead atoms. The van der Waals surface area contributed by atoms with E-state index in [9.17, 15) is 4.79 Å². The lowest BCUT2D eigenvalue weighted by Gasteiger charge is -2.21. The smallest absolute Gasteiger partial charge is 0.309 e. The van der Waals surface area contributed by atoms with Gasteiger partial charge in [-0.3, -0.25) is 9.69 Å². The van der Waals surface area contributed by atoms with Crippen LogP contribution in [0.15, 0.2) is 24.3 Å². The van der Waals surface area contributed by atoms with Crippen LogP contribution in [0.4, 0.5) is 0 Å². The van der Waals surface area contributed by atoms with E-state index in [0.29, 0.717) is 12.5 Å². The Labute approximate surface area is 121 Å². The Balaban J connectivity index is 2.01. The van der Waals surface area contributed by atoms with Crippen LogP contribution in [0, 0.1) is 0 Å². The molecule has 0 aromatic heterocycles. The molecule has 1 aliphatic heterocycles. The lowest BCUT2D eigenvalue weighted by atomic mass is 10.0. The second-order valence-corrected chi connectivity index (χ2v) is 5.66. The summed E-state index contributed by atoms with van der Waals surface area (Å²) in [7, 11) is 5.71. The molecule has 0 aliphatic carbocycles. The van der Waals surface area contributed by atoms with Gasteiger partial charge in [0.25, 0.3) is 0 Å². The van der Waals surface area contributed by atoms with Crippen molar-refractivity contribution in [1.82, 2.24) is 9.80 Å². The number of likely N-dealkylation sites (N-methyl/N-ethyl adjacent to an activating group) is 1.